The van der Waals surface area contributed by atoms with Crippen molar-refractivity contribution in [1.29, 1.82) is 0 Å². The molecule has 1 fully saturated rings. The van der Waals surface area contributed by atoms with Crippen LogP contribution < -0.4 is 0 Å². The Kier molecular flexibility index (Phi) is 4.22. The van der Waals surface area contributed by atoms with Crippen molar-refractivity contribution in [2.24, 2.45) is 11.8 Å². The summed E-state index contributed by atoms with van der Waals surface area (Å²) in [5, 5.41) is 11.4. The Bertz CT molecular complexity index is 436. The molecule has 1 saturated heterocycles. The lowest BCUT2D eigenvalue weighted by Crippen LogP contribution is -2.20. The molecule has 17 heavy (non-hydrogen) atoms. The number of aliphatic hydroxyl groups is 1. The first-order valence-corrected chi connectivity index (χ1v) is 8.64. The SMILES string of the molecule is O=S1(=O)CCC(C(CO)CCc2cccs2)C1. The molecule has 1 aliphatic heterocycles. The summed E-state index contributed by atoms with van der Waals surface area (Å²) in [6.45, 7) is 0.103. The number of rotatable bonds is 5. The van der Waals surface area contributed by atoms with Gasteiger partial charge in [-0.05, 0) is 42.5 Å². The van der Waals surface area contributed by atoms with Crippen molar-refractivity contribution in [2.75, 3.05) is 18.1 Å². The number of sulfone groups is 1. The van der Waals surface area contributed by atoms with Crippen LogP contribution in [0.4, 0.5) is 0 Å². The highest BCUT2D eigenvalue weighted by molar-refractivity contribution is 7.91. The van der Waals surface area contributed by atoms with Crippen LogP contribution in [0.1, 0.15) is 17.7 Å². The van der Waals surface area contributed by atoms with E-state index in [0.717, 1.165) is 19.3 Å². The first-order valence-electron chi connectivity index (χ1n) is 5.94. The molecule has 2 unspecified atom stereocenters. The first-order chi connectivity index (χ1) is 8.11. The minimum Gasteiger partial charge on any atom is -0.396 e. The van der Waals surface area contributed by atoms with Gasteiger partial charge < -0.3 is 5.11 Å². The molecule has 96 valence electrons. The molecule has 0 aromatic carbocycles. The van der Waals surface area contributed by atoms with E-state index in [9.17, 15) is 13.5 Å². The number of aryl methyl sites for hydroxylation is 1. The van der Waals surface area contributed by atoms with E-state index in [1.165, 1.54) is 4.88 Å². The highest BCUT2D eigenvalue weighted by Gasteiger charge is 2.33. The molecule has 1 N–H and O–H groups in total. The normalized spacial score (nSPS) is 24.9. The smallest absolute Gasteiger partial charge is 0.150 e. The molecule has 1 aromatic heterocycles. The average Bonchev–Trinajstić information content (AvgIpc) is 2.89. The number of thiophene rings is 1. The van der Waals surface area contributed by atoms with Gasteiger partial charge >= 0.3 is 0 Å². The van der Waals surface area contributed by atoms with Gasteiger partial charge in [0.1, 0.15) is 0 Å². The van der Waals surface area contributed by atoms with Crippen LogP contribution in [0.3, 0.4) is 0 Å². The van der Waals surface area contributed by atoms with Gasteiger partial charge in [0.2, 0.25) is 0 Å². The third kappa shape index (κ3) is 3.53. The third-order valence-electron chi connectivity index (χ3n) is 3.51. The van der Waals surface area contributed by atoms with Gasteiger partial charge in [0, 0.05) is 11.5 Å². The molecule has 2 rings (SSSR count). The van der Waals surface area contributed by atoms with Gasteiger partial charge in [-0.25, -0.2) is 8.42 Å². The molecular weight excluding hydrogens is 256 g/mol. The average molecular weight is 274 g/mol. The highest BCUT2D eigenvalue weighted by Crippen LogP contribution is 2.29. The van der Waals surface area contributed by atoms with Crippen LogP contribution in [-0.4, -0.2) is 31.6 Å². The zero-order valence-electron chi connectivity index (χ0n) is 9.71. The standard InChI is InChI=1S/C12H18O3S2/c13-8-10(3-4-12-2-1-6-16-12)11-5-7-17(14,15)9-11/h1-2,6,10-11,13H,3-5,7-9H2. The molecule has 0 amide bonds. The summed E-state index contributed by atoms with van der Waals surface area (Å²) in [7, 11) is -2.83. The Balaban J connectivity index is 1.89. The quantitative estimate of drug-likeness (QED) is 0.889. The van der Waals surface area contributed by atoms with Gasteiger partial charge in [0.25, 0.3) is 0 Å². The zero-order valence-corrected chi connectivity index (χ0v) is 11.3. The Hall–Kier alpha value is -0.390. The van der Waals surface area contributed by atoms with Crippen molar-refractivity contribution in [2.45, 2.75) is 19.3 Å². The van der Waals surface area contributed by atoms with Gasteiger partial charge in [-0.15, -0.1) is 11.3 Å². The van der Waals surface area contributed by atoms with Crippen LogP contribution in [0.2, 0.25) is 0 Å². The monoisotopic (exact) mass is 274 g/mol. The Morgan fingerprint density at radius 3 is 2.88 bits per heavy atom. The summed E-state index contributed by atoms with van der Waals surface area (Å²) in [4.78, 5) is 1.31. The topological polar surface area (TPSA) is 54.4 Å². The minimum atomic E-state index is -2.83. The second kappa shape index (κ2) is 5.50. The van der Waals surface area contributed by atoms with Crippen molar-refractivity contribution in [1.82, 2.24) is 0 Å². The first kappa shape index (κ1) is 13.1. The molecule has 3 nitrogen and oxygen atoms in total. The van der Waals surface area contributed by atoms with E-state index in [-0.39, 0.29) is 24.2 Å². The van der Waals surface area contributed by atoms with Crippen molar-refractivity contribution in [3.63, 3.8) is 0 Å². The molecule has 0 saturated carbocycles. The molecule has 0 spiro atoms. The minimum absolute atomic E-state index is 0.103. The van der Waals surface area contributed by atoms with Crippen LogP contribution in [0.5, 0.6) is 0 Å². The van der Waals surface area contributed by atoms with E-state index in [0.29, 0.717) is 5.75 Å². The lowest BCUT2D eigenvalue weighted by molar-refractivity contribution is 0.176. The van der Waals surface area contributed by atoms with E-state index in [1.54, 1.807) is 11.3 Å². The maximum Gasteiger partial charge on any atom is 0.150 e. The largest absolute Gasteiger partial charge is 0.396 e. The maximum absolute atomic E-state index is 11.4. The fraction of sp³-hybridized carbons (Fsp3) is 0.667. The van der Waals surface area contributed by atoms with Crippen LogP contribution in [0, 0.1) is 11.8 Å². The summed E-state index contributed by atoms with van der Waals surface area (Å²) in [5.74, 6) is 0.856. The molecule has 0 radical (unpaired) electrons. The van der Waals surface area contributed by atoms with Crippen molar-refractivity contribution >= 4 is 21.2 Å². The Morgan fingerprint density at radius 2 is 2.35 bits per heavy atom. The lowest BCUT2D eigenvalue weighted by atomic mass is 9.88. The second-order valence-electron chi connectivity index (χ2n) is 4.72. The summed E-state index contributed by atoms with van der Waals surface area (Å²) in [6, 6.07) is 4.11. The van der Waals surface area contributed by atoms with Gasteiger partial charge in [-0.3, -0.25) is 0 Å². The van der Waals surface area contributed by atoms with Crippen LogP contribution in [0.15, 0.2) is 17.5 Å². The van der Waals surface area contributed by atoms with Gasteiger partial charge in [-0.2, -0.15) is 0 Å². The van der Waals surface area contributed by atoms with Crippen LogP contribution >= 0.6 is 11.3 Å². The van der Waals surface area contributed by atoms with Gasteiger partial charge in [-0.1, -0.05) is 6.07 Å². The van der Waals surface area contributed by atoms with E-state index < -0.39 is 9.84 Å². The summed E-state index contributed by atoms with van der Waals surface area (Å²) < 4.78 is 22.8. The Morgan fingerprint density at radius 1 is 1.53 bits per heavy atom. The molecule has 5 heteroatoms. The summed E-state index contributed by atoms with van der Waals surface area (Å²) in [6.07, 6.45) is 2.55. The van der Waals surface area contributed by atoms with E-state index in [4.69, 9.17) is 0 Å². The van der Waals surface area contributed by atoms with Crippen molar-refractivity contribution < 1.29 is 13.5 Å². The summed E-state index contributed by atoms with van der Waals surface area (Å²) in [5.41, 5.74) is 0. The highest BCUT2D eigenvalue weighted by atomic mass is 32.2. The fourth-order valence-electron chi connectivity index (χ4n) is 2.45. The van der Waals surface area contributed by atoms with Crippen LogP contribution in [0.25, 0.3) is 0 Å². The lowest BCUT2D eigenvalue weighted by Gasteiger charge is -2.19. The second-order valence-corrected chi connectivity index (χ2v) is 7.98. The van der Waals surface area contributed by atoms with Crippen molar-refractivity contribution in [3.05, 3.63) is 22.4 Å². The van der Waals surface area contributed by atoms with Crippen molar-refractivity contribution in [3.8, 4) is 0 Å². The van der Waals surface area contributed by atoms with E-state index in [2.05, 4.69) is 6.07 Å². The van der Waals surface area contributed by atoms with E-state index in [1.807, 2.05) is 11.4 Å². The van der Waals surface area contributed by atoms with Gasteiger partial charge in [0.05, 0.1) is 11.5 Å². The molecule has 1 aliphatic rings. The molecule has 2 atom stereocenters. The number of aliphatic hydroxyl groups excluding tert-OH is 1. The maximum atomic E-state index is 11.4. The third-order valence-corrected chi connectivity index (χ3v) is 6.24. The fourth-order valence-corrected chi connectivity index (χ4v) is 5.10. The predicted molar refractivity (Wildman–Crippen MR) is 70.0 cm³/mol. The zero-order chi connectivity index (χ0) is 12.3. The number of hydrogen-bond acceptors (Lipinski definition) is 4. The van der Waals surface area contributed by atoms with Gasteiger partial charge in [0.15, 0.2) is 9.84 Å². The molecule has 0 bridgehead atoms. The van der Waals surface area contributed by atoms with E-state index >= 15 is 0 Å². The predicted octanol–water partition coefficient (Wildman–Crippen LogP) is 1.72. The molecule has 1 aromatic rings. The Labute approximate surface area is 106 Å². The van der Waals surface area contributed by atoms with Crippen LogP contribution in [-0.2, 0) is 16.3 Å². The number of hydrogen-bond donors (Lipinski definition) is 1. The molecule has 2 heterocycles. The summed E-state index contributed by atoms with van der Waals surface area (Å²) >= 11 is 1.72. The molecular formula is C12H18O3S2. The molecule has 0 aliphatic carbocycles.